The van der Waals surface area contributed by atoms with Crippen molar-refractivity contribution in [3.05, 3.63) is 51.8 Å². The van der Waals surface area contributed by atoms with Gasteiger partial charge in [-0.3, -0.25) is 14.4 Å². The molecule has 3 rings (SSSR count). The lowest BCUT2D eigenvalue weighted by Gasteiger charge is -2.16. The minimum Gasteiger partial charge on any atom is -0.459 e. The molecule has 0 atom stereocenters. The van der Waals surface area contributed by atoms with Crippen LogP contribution in [0.15, 0.2) is 39.1 Å². The largest absolute Gasteiger partial charge is 0.459 e. The minimum absolute atomic E-state index is 0.0923. The number of aromatic amines is 1. The van der Waals surface area contributed by atoms with E-state index >= 15 is 0 Å². The van der Waals surface area contributed by atoms with Crippen molar-refractivity contribution in [2.45, 2.75) is 19.4 Å². The number of fused-ring (bicyclic) bond motifs is 1. The number of hydrogen-bond acceptors (Lipinski definition) is 6. The molecule has 3 aromatic heterocycles. The maximum absolute atomic E-state index is 12.2. The van der Waals surface area contributed by atoms with E-state index in [2.05, 4.69) is 15.3 Å². The Labute approximate surface area is 152 Å². The number of rotatable bonds is 7. The zero-order valence-electron chi connectivity index (χ0n) is 14.2. The fourth-order valence-corrected chi connectivity index (χ4v) is 3.16. The lowest BCUT2D eigenvalue weighted by molar-refractivity contribution is -0.130. The second kappa shape index (κ2) is 7.96. The molecule has 26 heavy (non-hydrogen) atoms. The quantitative estimate of drug-likeness (QED) is 0.613. The number of carbonyl (C=O) groups is 2. The summed E-state index contributed by atoms with van der Waals surface area (Å²) in [5.74, 6) is 0.294. The van der Waals surface area contributed by atoms with E-state index in [4.69, 9.17) is 4.42 Å². The highest BCUT2D eigenvalue weighted by Crippen LogP contribution is 2.14. The van der Waals surface area contributed by atoms with Crippen molar-refractivity contribution < 1.29 is 14.0 Å². The Balaban J connectivity index is 1.46. The molecule has 3 heterocycles. The number of furan rings is 1. The Morgan fingerprint density at radius 1 is 1.38 bits per heavy atom. The molecular formula is C17H18N4O4S. The molecule has 0 unspecified atom stereocenters. The van der Waals surface area contributed by atoms with Crippen LogP contribution >= 0.6 is 11.3 Å². The maximum Gasteiger partial charge on any atom is 0.286 e. The molecule has 0 bridgehead atoms. The van der Waals surface area contributed by atoms with Gasteiger partial charge in [-0.1, -0.05) is 0 Å². The third-order valence-electron chi connectivity index (χ3n) is 3.77. The van der Waals surface area contributed by atoms with Gasteiger partial charge in [-0.05, 0) is 30.0 Å². The molecule has 0 aliphatic rings. The molecule has 3 aromatic rings. The van der Waals surface area contributed by atoms with Crippen molar-refractivity contribution in [1.29, 1.82) is 0 Å². The van der Waals surface area contributed by atoms with E-state index in [1.165, 1.54) is 22.5 Å². The predicted molar refractivity (Wildman–Crippen MR) is 97.0 cm³/mol. The fourth-order valence-electron chi connectivity index (χ4n) is 2.44. The van der Waals surface area contributed by atoms with E-state index in [0.717, 1.165) is 0 Å². The number of amides is 2. The SMILES string of the molecule is CN(Cc1nc2ccsc2c(=O)[nH]1)C(=O)CCCNC(=O)c1ccco1. The first kappa shape index (κ1) is 17.9. The van der Waals surface area contributed by atoms with Crippen molar-refractivity contribution in [3.8, 4) is 0 Å². The lowest BCUT2D eigenvalue weighted by atomic mass is 10.2. The topological polar surface area (TPSA) is 108 Å². The van der Waals surface area contributed by atoms with Gasteiger partial charge in [-0.2, -0.15) is 0 Å². The number of nitrogens with zero attached hydrogens (tertiary/aromatic N) is 2. The zero-order valence-corrected chi connectivity index (χ0v) is 15.0. The van der Waals surface area contributed by atoms with Crippen molar-refractivity contribution >= 4 is 33.4 Å². The highest BCUT2D eigenvalue weighted by atomic mass is 32.1. The number of aromatic nitrogens is 2. The summed E-state index contributed by atoms with van der Waals surface area (Å²) < 4.78 is 5.57. The Kier molecular flexibility index (Phi) is 5.47. The van der Waals surface area contributed by atoms with Crippen LogP contribution < -0.4 is 10.9 Å². The van der Waals surface area contributed by atoms with E-state index in [9.17, 15) is 14.4 Å². The lowest BCUT2D eigenvalue weighted by Crippen LogP contribution is -2.29. The average molecular weight is 374 g/mol. The third-order valence-corrected chi connectivity index (χ3v) is 4.68. The molecule has 0 aliphatic heterocycles. The number of H-pyrrole nitrogens is 1. The highest BCUT2D eigenvalue weighted by Gasteiger charge is 2.13. The van der Waals surface area contributed by atoms with Crippen molar-refractivity contribution in [1.82, 2.24) is 20.2 Å². The van der Waals surface area contributed by atoms with Gasteiger partial charge in [0.15, 0.2) is 5.76 Å². The second-order valence-electron chi connectivity index (χ2n) is 5.73. The van der Waals surface area contributed by atoms with Gasteiger partial charge >= 0.3 is 0 Å². The van der Waals surface area contributed by atoms with Crippen molar-refractivity contribution in [2.24, 2.45) is 0 Å². The first-order valence-corrected chi connectivity index (χ1v) is 8.94. The van der Waals surface area contributed by atoms with Gasteiger partial charge in [-0.25, -0.2) is 4.98 Å². The minimum atomic E-state index is -0.304. The van der Waals surface area contributed by atoms with Crippen LogP contribution in [0.4, 0.5) is 0 Å². The van der Waals surface area contributed by atoms with Crippen LogP contribution in [0.5, 0.6) is 0 Å². The van der Waals surface area contributed by atoms with Gasteiger partial charge in [0, 0.05) is 20.0 Å². The number of thiophene rings is 1. The van der Waals surface area contributed by atoms with E-state index in [1.807, 2.05) is 5.38 Å². The molecule has 0 saturated heterocycles. The molecule has 0 aliphatic carbocycles. The summed E-state index contributed by atoms with van der Waals surface area (Å²) in [6.07, 6.45) is 2.21. The Morgan fingerprint density at radius 2 is 2.23 bits per heavy atom. The first-order chi connectivity index (χ1) is 12.5. The van der Waals surface area contributed by atoms with Crippen LogP contribution in [0.1, 0.15) is 29.2 Å². The van der Waals surface area contributed by atoms with E-state index in [0.29, 0.717) is 29.0 Å². The van der Waals surface area contributed by atoms with E-state index in [1.54, 1.807) is 25.2 Å². The summed E-state index contributed by atoms with van der Waals surface area (Å²) in [6, 6.07) is 4.99. The van der Waals surface area contributed by atoms with Crippen LogP contribution in [0.3, 0.4) is 0 Å². The Hall–Kier alpha value is -2.94. The van der Waals surface area contributed by atoms with Crippen LogP contribution in [0.2, 0.25) is 0 Å². The highest BCUT2D eigenvalue weighted by molar-refractivity contribution is 7.17. The van der Waals surface area contributed by atoms with Gasteiger partial charge in [0.05, 0.1) is 18.3 Å². The summed E-state index contributed by atoms with van der Waals surface area (Å²) in [4.78, 5) is 44.4. The van der Waals surface area contributed by atoms with Gasteiger partial charge in [0.2, 0.25) is 5.91 Å². The molecule has 0 radical (unpaired) electrons. The third kappa shape index (κ3) is 4.17. The number of hydrogen-bond donors (Lipinski definition) is 2. The van der Waals surface area contributed by atoms with E-state index < -0.39 is 0 Å². The molecule has 2 N–H and O–H groups in total. The summed E-state index contributed by atoms with van der Waals surface area (Å²) in [7, 11) is 1.65. The molecule has 0 fully saturated rings. The summed E-state index contributed by atoms with van der Waals surface area (Å²) in [5, 5.41) is 4.50. The average Bonchev–Trinajstić information content (AvgIpc) is 3.29. The molecule has 8 nitrogen and oxygen atoms in total. The predicted octanol–water partition coefficient (Wildman–Crippen LogP) is 1.75. The molecule has 9 heteroatoms. The standard InChI is InChI=1S/C17H18N4O4S/c1-21(10-13-19-11-6-9-26-15(11)17(24)20-13)14(22)5-2-7-18-16(23)12-4-3-8-25-12/h3-4,6,8-9H,2,5,7,10H2,1H3,(H,18,23)(H,19,20,24). The van der Waals surface area contributed by atoms with E-state index in [-0.39, 0.29) is 36.1 Å². The molecular weight excluding hydrogens is 356 g/mol. The normalized spacial score (nSPS) is 10.8. The Bertz CT molecular complexity index is 961. The molecule has 0 spiro atoms. The zero-order chi connectivity index (χ0) is 18.5. The van der Waals surface area contributed by atoms with Crippen LogP contribution in [0, 0.1) is 0 Å². The monoisotopic (exact) mass is 374 g/mol. The van der Waals surface area contributed by atoms with Crippen molar-refractivity contribution in [3.63, 3.8) is 0 Å². The molecule has 0 aromatic carbocycles. The first-order valence-electron chi connectivity index (χ1n) is 8.06. The summed E-state index contributed by atoms with van der Waals surface area (Å²) in [5.41, 5.74) is 0.441. The molecule has 0 saturated carbocycles. The van der Waals surface area contributed by atoms with Crippen LogP contribution in [-0.2, 0) is 11.3 Å². The second-order valence-corrected chi connectivity index (χ2v) is 6.65. The van der Waals surface area contributed by atoms with Gasteiger partial charge < -0.3 is 19.6 Å². The molecule has 136 valence electrons. The maximum atomic E-state index is 12.2. The van der Waals surface area contributed by atoms with Crippen molar-refractivity contribution in [2.75, 3.05) is 13.6 Å². The number of nitrogens with one attached hydrogen (secondary N) is 2. The smallest absolute Gasteiger partial charge is 0.286 e. The van der Waals surface area contributed by atoms with Gasteiger partial charge in [0.1, 0.15) is 10.5 Å². The van der Waals surface area contributed by atoms with Gasteiger partial charge in [-0.15, -0.1) is 11.3 Å². The van der Waals surface area contributed by atoms with Gasteiger partial charge in [0.25, 0.3) is 11.5 Å². The Morgan fingerprint density at radius 3 is 3.00 bits per heavy atom. The summed E-state index contributed by atoms with van der Waals surface area (Å²) in [6.45, 7) is 0.591. The fraction of sp³-hybridized carbons (Fsp3) is 0.294. The van der Waals surface area contributed by atoms with Crippen LogP contribution in [-0.4, -0.2) is 40.3 Å². The molecule has 2 amide bonds. The van der Waals surface area contributed by atoms with Crippen LogP contribution in [0.25, 0.3) is 10.2 Å². The number of carbonyl (C=O) groups excluding carboxylic acids is 2. The summed E-state index contributed by atoms with van der Waals surface area (Å²) >= 11 is 1.33.